The van der Waals surface area contributed by atoms with Gasteiger partial charge in [0.1, 0.15) is 18.1 Å². The molecule has 1 aliphatic heterocycles. The number of rotatable bonds is 4. The number of ether oxygens (including phenoxy) is 2. The van der Waals surface area contributed by atoms with Gasteiger partial charge >= 0.3 is 0 Å². The van der Waals surface area contributed by atoms with Crippen LogP contribution in [-0.4, -0.2) is 29.4 Å². The molecule has 2 aromatic rings. The van der Waals surface area contributed by atoms with Crippen molar-refractivity contribution in [2.75, 3.05) is 13.7 Å². The second kappa shape index (κ2) is 6.09. The van der Waals surface area contributed by atoms with Crippen LogP contribution in [0.2, 0.25) is 0 Å². The molecular weight excluding hydrogens is 282 g/mol. The maximum atomic E-state index is 12.3. The van der Waals surface area contributed by atoms with Gasteiger partial charge in [-0.1, -0.05) is 0 Å². The van der Waals surface area contributed by atoms with E-state index in [1.165, 1.54) is 0 Å². The van der Waals surface area contributed by atoms with Crippen LogP contribution in [0.1, 0.15) is 11.1 Å². The summed E-state index contributed by atoms with van der Waals surface area (Å²) in [7, 11) is 3.48. The number of hydrogen-bond donors (Lipinski definition) is 1. The van der Waals surface area contributed by atoms with Gasteiger partial charge in [0, 0.05) is 25.4 Å². The fourth-order valence-corrected chi connectivity index (χ4v) is 2.56. The van der Waals surface area contributed by atoms with Gasteiger partial charge in [0.2, 0.25) is 5.91 Å². The quantitative estimate of drug-likeness (QED) is 0.924. The fraction of sp³-hybridized carbons (Fsp3) is 0.375. The van der Waals surface area contributed by atoms with E-state index in [0.717, 1.165) is 22.6 Å². The van der Waals surface area contributed by atoms with E-state index in [2.05, 4.69) is 10.4 Å². The second-order valence-electron chi connectivity index (χ2n) is 5.43. The highest BCUT2D eigenvalue weighted by Crippen LogP contribution is 2.30. The Kier molecular flexibility index (Phi) is 4.00. The maximum absolute atomic E-state index is 12.3. The second-order valence-corrected chi connectivity index (χ2v) is 5.43. The highest BCUT2D eigenvalue weighted by molar-refractivity contribution is 5.79. The number of nitrogens with zero attached hydrogens (tertiary/aromatic N) is 2. The predicted molar refractivity (Wildman–Crippen MR) is 80.7 cm³/mol. The van der Waals surface area contributed by atoms with Crippen molar-refractivity contribution in [1.82, 2.24) is 15.1 Å². The third kappa shape index (κ3) is 3.05. The Morgan fingerprint density at radius 2 is 2.41 bits per heavy atom. The summed E-state index contributed by atoms with van der Waals surface area (Å²) in [5, 5.41) is 7.02. The molecule has 1 aromatic heterocycles. The van der Waals surface area contributed by atoms with Crippen molar-refractivity contribution in [3.8, 4) is 11.5 Å². The van der Waals surface area contributed by atoms with E-state index in [1.807, 2.05) is 31.4 Å². The van der Waals surface area contributed by atoms with Crippen LogP contribution in [0.4, 0.5) is 0 Å². The number of aromatic nitrogens is 2. The number of amides is 1. The first-order valence-electron chi connectivity index (χ1n) is 7.20. The first-order chi connectivity index (χ1) is 10.7. The summed E-state index contributed by atoms with van der Waals surface area (Å²) in [5.74, 6) is 1.42. The number of methoxy groups -OCH3 is 1. The third-order valence-electron chi connectivity index (χ3n) is 3.77. The Morgan fingerprint density at radius 3 is 3.14 bits per heavy atom. The normalized spacial score (nSPS) is 16.5. The lowest BCUT2D eigenvalue weighted by Crippen LogP contribution is -2.37. The summed E-state index contributed by atoms with van der Waals surface area (Å²) in [6.45, 7) is 0.881. The van der Waals surface area contributed by atoms with Gasteiger partial charge in [-0.3, -0.25) is 9.48 Å². The first-order valence-corrected chi connectivity index (χ1v) is 7.20. The van der Waals surface area contributed by atoms with E-state index in [-0.39, 0.29) is 11.8 Å². The van der Waals surface area contributed by atoms with Crippen molar-refractivity contribution in [3.05, 3.63) is 41.7 Å². The van der Waals surface area contributed by atoms with Gasteiger partial charge in [0.05, 0.1) is 19.2 Å². The molecule has 6 heteroatoms. The van der Waals surface area contributed by atoms with Crippen LogP contribution in [-0.2, 0) is 24.8 Å². The SMILES string of the molecule is COc1ccc2c(c1)C[C@H](C(=O)NCc1cnn(C)c1)CO2. The molecule has 0 bridgehead atoms. The lowest BCUT2D eigenvalue weighted by Gasteiger charge is -2.24. The first kappa shape index (κ1) is 14.4. The van der Waals surface area contributed by atoms with E-state index >= 15 is 0 Å². The van der Waals surface area contributed by atoms with E-state index in [0.29, 0.717) is 19.6 Å². The van der Waals surface area contributed by atoms with E-state index in [1.54, 1.807) is 18.0 Å². The van der Waals surface area contributed by atoms with Crippen LogP contribution < -0.4 is 14.8 Å². The molecule has 0 spiro atoms. The van der Waals surface area contributed by atoms with Gasteiger partial charge in [-0.15, -0.1) is 0 Å². The number of carbonyl (C=O) groups excluding carboxylic acids is 1. The Bertz CT molecular complexity index is 681. The number of hydrogen-bond acceptors (Lipinski definition) is 4. The molecule has 1 N–H and O–H groups in total. The van der Waals surface area contributed by atoms with Crippen molar-refractivity contribution >= 4 is 5.91 Å². The van der Waals surface area contributed by atoms with Crippen LogP contribution in [0.25, 0.3) is 0 Å². The topological polar surface area (TPSA) is 65.4 Å². The molecule has 116 valence electrons. The minimum Gasteiger partial charge on any atom is -0.497 e. The Balaban J connectivity index is 1.62. The zero-order valence-corrected chi connectivity index (χ0v) is 12.7. The van der Waals surface area contributed by atoms with Crippen LogP contribution in [0.5, 0.6) is 11.5 Å². The zero-order chi connectivity index (χ0) is 15.5. The van der Waals surface area contributed by atoms with Crippen molar-refractivity contribution in [2.24, 2.45) is 13.0 Å². The van der Waals surface area contributed by atoms with Crippen molar-refractivity contribution in [1.29, 1.82) is 0 Å². The lowest BCUT2D eigenvalue weighted by atomic mass is 9.95. The molecule has 0 aliphatic carbocycles. The number of nitrogens with one attached hydrogen (secondary N) is 1. The molecule has 1 aromatic carbocycles. The van der Waals surface area contributed by atoms with Gasteiger partial charge in [0.25, 0.3) is 0 Å². The van der Waals surface area contributed by atoms with Crippen molar-refractivity contribution in [2.45, 2.75) is 13.0 Å². The summed E-state index contributed by atoms with van der Waals surface area (Å²) in [6, 6.07) is 5.68. The molecule has 0 saturated heterocycles. The van der Waals surface area contributed by atoms with Crippen molar-refractivity contribution in [3.63, 3.8) is 0 Å². The number of fused-ring (bicyclic) bond motifs is 1. The Hall–Kier alpha value is -2.50. The number of benzene rings is 1. The highest BCUT2D eigenvalue weighted by atomic mass is 16.5. The molecule has 0 unspecified atom stereocenters. The molecule has 1 aliphatic rings. The number of carbonyl (C=O) groups is 1. The van der Waals surface area contributed by atoms with Gasteiger partial charge < -0.3 is 14.8 Å². The average molecular weight is 301 g/mol. The minimum atomic E-state index is -0.184. The number of aryl methyl sites for hydroxylation is 1. The fourth-order valence-electron chi connectivity index (χ4n) is 2.56. The summed E-state index contributed by atoms with van der Waals surface area (Å²) in [4.78, 5) is 12.3. The summed E-state index contributed by atoms with van der Waals surface area (Å²) in [5.41, 5.74) is 1.99. The highest BCUT2D eigenvalue weighted by Gasteiger charge is 2.26. The van der Waals surface area contributed by atoms with Crippen LogP contribution >= 0.6 is 0 Å². The maximum Gasteiger partial charge on any atom is 0.227 e. The van der Waals surface area contributed by atoms with Gasteiger partial charge in [-0.25, -0.2) is 0 Å². The lowest BCUT2D eigenvalue weighted by molar-refractivity contribution is -0.126. The molecule has 22 heavy (non-hydrogen) atoms. The average Bonchev–Trinajstić information content (AvgIpc) is 2.97. The molecular formula is C16H19N3O3. The zero-order valence-electron chi connectivity index (χ0n) is 12.7. The van der Waals surface area contributed by atoms with Gasteiger partial charge in [-0.05, 0) is 30.2 Å². The van der Waals surface area contributed by atoms with Crippen LogP contribution in [0.3, 0.4) is 0 Å². The van der Waals surface area contributed by atoms with Gasteiger partial charge in [0.15, 0.2) is 0 Å². The molecule has 0 radical (unpaired) electrons. The molecule has 2 heterocycles. The van der Waals surface area contributed by atoms with E-state index in [4.69, 9.17) is 9.47 Å². The van der Waals surface area contributed by atoms with Gasteiger partial charge in [-0.2, -0.15) is 5.10 Å². The summed E-state index contributed by atoms with van der Waals surface area (Å²) in [6.07, 6.45) is 4.29. The molecule has 1 amide bonds. The largest absolute Gasteiger partial charge is 0.497 e. The Labute approximate surface area is 129 Å². The minimum absolute atomic E-state index is 0.00248. The molecule has 0 fully saturated rings. The molecule has 6 nitrogen and oxygen atoms in total. The molecule has 1 atom stereocenters. The van der Waals surface area contributed by atoms with Crippen LogP contribution in [0, 0.1) is 5.92 Å². The summed E-state index contributed by atoms with van der Waals surface area (Å²) >= 11 is 0. The van der Waals surface area contributed by atoms with E-state index < -0.39 is 0 Å². The summed E-state index contributed by atoms with van der Waals surface area (Å²) < 4.78 is 12.6. The molecule has 0 saturated carbocycles. The smallest absolute Gasteiger partial charge is 0.227 e. The Morgan fingerprint density at radius 1 is 1.55 bits per heavy atom. The third-order valence-corrected chi connectivity index (χ3v) is 3.77. The predicted octanol–water partition coefficient (Wildman–Crippen LogP) is 1.30. The standard InChI is InChI=1S/C16H19N3O3/c1-19-9-11(8-18-19)7-17-16(20)13-5-12-6-14(21-2)3-4-15(12)22-10-13/h3-4,6,8-9,13H,5,7,10H2,1-2H3,(H,17,20)/t13-/m0/s1. The van der Waals surface area contributed by atoms with Crippen LogP contribution in [0.15, 0.2) is 30.6 Å². The van der Waals surface area contributed by atoms with Crippen molar-refractivity contribution < 1.29 is 14.3 Å². The molecule has 3 rings (SSSR count). The van der Waals surface area contributed by atoms with E-state index in [9.17, 15) is 4.79 Å². The monoisotopic (exact) mass is 301 g/mol.